The first kappa shape index (κ1) is 17.8. The number of aromatic nitrogens is 1. The average Bonchev–Trinajstić information content (AvgIpc) is 3.07. The molecule has 2 aromatic carbocycles. The van der Waals surface area contributed by atoms with Crippen molar-refractivity contribution in [3.63, 3.8) is 0 Å². The van der Waals surface area contributed by atoms with Gasteiger partial charge < -0.3 is 14.8 Å². The number of likely N-dealkylation sites (N-methyl/N-ethyl adjacent to an activating group) is 1. The van der Waals surface area contributed by atoms with E-state index in [1.807, 2.05) is 49.2 Å². The Hall–Kier alpha value is -2.64. The summed E-state index contributed by atoms with van der Waals surface area (Å²) in [6.45, 7) is 3.69. The quantitative estimate of drug-likeness (QED) is 0.730. The van der Waals surface area contributed by atoms with Crippen LogP contribution in [0.15, 0.2) is 42.5 Å². The number of anilines is 1. The van der Waals surface area contributed by atoms with Gasteiger partial charge in [-0.05, 0) is 19.5 Å². The third-order valence-electron chi connectivity index (χ3n) is 4.60. The summed E-state index contributed by atoms with van der Waals surface area (Å²) < 4.78 is 12.2. The van der Waals surface area contributed by atoms with Gasteiger partial charge in [-0.25, -0.2) is 4.98 Å². The Balaban J connectivity index is 1.45. The maximum atomic E-state index is 12.6. The summed E-state index contributed by atoms with van der Waals surface area (Å²) in [6, 6.07) is 13.6. The van der Waals surface area contributed by atoms with E-state index in [-0.39, 0.29) is 11.9 Å². The molecule has 0 bridgehead atoms. The second kappa shape index (κ2) is 7.54. The maximum absolute atomic E-state index is 12.6. The first-order valence-electron chi connectivity index (χ1n) is 8.85. The molecule has 1 N–H and O–H groups in total. The fraction of sp³-hybridized carbons (Fsp3) is 0.300. The van der Waals surface area contributed by atoms with Crippen LogP contribution in [0.2, 0.25) is 0 Å². The number of fused-ring (bicyclic) bond motifs is 2. The van der Waals surface area contributed by atoms with Crippen LogP contribution in [0.3, 0.4) is 0 Å². The lowest BCUT2D eigenvalue weighted by molar-refractivity contribution is -0.120. The van der Waals surface area contributed by atoms with Crippen molar-refractivity contribution >= 4 is 32.6 Å². The molecule has 0 saturated carbocycles. The topological polar surface area (TPSA) is 63.7 Å². The molecule has 0 saturated heterocycles. The van der Waals surface area contributed by atoms with E-state index in [2.05, 4.69) is 22.4 Å². The van der Waals surface area contributed by atoms with Gasteiger partial charge in [0.1, 0.15) is 13.2 Å². The number of benzene rings is 2. The van der Waals surface area contributed by atoms with E-state index in [0.29, 0.717) is 30.6 Å². The number of carbonyl (C=O) groups is 1. The molecular formula is C20H21N3O3S. The highest BCUT2D eigenvalue weighted by atomic mass is 32.1. The molecule has 0 spiro atoms. The van der Waals surface area contributed by atoms with E-state index in [0.717, 1.165) is 16.0 Å². The molecule has 1 aliphatic heterocycles. The van der Waals surface area contributed by atoms with Gasteiger partial charge in [0.15, 0.2) is 16.6 Å². The molecule has 1 aliphatic rings. The van der Waals surface area contributed by atoms with Crippen LogP contribution in [0.5, 0.6) is 11.5 Å². The fourth-order valence-corrected chi connectivity index (χ4v) is 3.82. The molecule has 1 unspecified atom stereocenters. The third-order valence-corrected chi connectivity index (χ3v) is 5.53. The lowest BCUT2D eigenvalue weighted by Crippen LogP contribution is -2.39. The van der Waals surface area contributed by atoms with Gasteiger partial charge >= 0.3 is 0 Å². The zero-order chi connectivity index (χ0) is 18.8. The van der Waals surface area contributed by atoms with E-state index >= 15 is 0 Å². The van der Waals surface area contributed by atoms with Gasteiger partial charge in [0.2, 0.25) is 5.91 Å². The number of rotatable bonds is 5. The van der Waals surface area contributed by atoms with Crippen molar-refractivity contribution in [2.75, 3.05) is 25.6 Å². The summed E-state index contributed by atoms with van der Waals surface area (Å²) in [6.07, 6.45) is 0. The van der Waals surface area contributed by atoms with E-state index in [9.17, 15) is 4.79 Å². The van der Waals surface area contributed by atoms with Crippen LogP contribution in [-0.2, 0) is 11.3 Å². The standard InChI is InChI=1S/C20H21N3O3S/c1-13(23(2)12-14-6-4-3-5-7-14)19(24)22-20-21-15-10-16-17(11-18(15)27-20)26-9-8-25-16/h3-7,10-11,13H,8-9,12H2,1-2H3,(H,21,22,24). The molecule has 3 aromatic rings. The Morgan fingerprint density at radius 3 is 2.67 bits per heavy atom. The highest BCUT2D eigenvalue weighted by Gasteiger charge is 2.20. The van der Waals surface area contributed by atoms with Crippen LogP contribution in [0.4, 0.5) is 5.13 Å². The summed E-state index contributed by atoms with van der Waals surface area (Å²) in [4.78, 5) is 19.2. The summed E-state index contributed by atoms with van der Waals surface area (Å²) in [5, 5.41) is 3.51. The lowest BCUT2D eigenvalue weighted by atomic mass is 10.2. The second-order valence-electron chi connectivity index (χ2n) is 6.55. The molecule has 1 amide bonds. The number of carbonyl (C=O) groups excluding carboxylic acids is 1. The van der Waals surface area contributed by atoms with Gasteiger partial charge in [-0.2, -0.15) is 0 Å². The molecule has 0 radical (unpaired) electrons. The third kappa shape index (κ3) is 3.89. The Labute approximate surface area is 161 Å². The lowest BCUT2D eigenvalue weighted by Gasteiger charge is -2.23. The van der Waals surface area contributed by atoms with E-state index in [1.165, 1.54) is 16.9 Å². The summed E-state index contributed by atoms with van der Waals surface area (Å²) in [5.74, 6) is 1.35. The molecule has 140 valence electrons. The summed E-state index contributed by atoms with van der Waals surface area (Å²) in [5.41, 5.74) is 1.97. The number of hydrogen-bond donors (Lipinski definition) is 1. The molecule has 0 fully saturated rings. The molecule has 1 atom stereocenters. The number of amides is 1. The largest absolute Gasteiger partial charge is 0.486 e. The molecule has 6 nitrogen and oxygen atoms in total. The maximum Gasteiger partial charge on any atom is 0.243 e. The van der Waals surface area contributed by atoms with Crippen molar-refractivity contribution < 1.29 is 14.3 Å². The molecule has 0 aliphatic carbocycles. The van der Waals surface area contributed by atoms with Crippen molar-refractivity contribution in [2.24, 2.45) is 0 Å². The molecule has 4 rings (SSSR count). The fourth-order valence-electron chi connectivity index (χ4n) is 2.94. The van der Waals surface area contributed by atoms with Gasteiger partial charge in [-0.3, -0.25) is 9.69 Å². The van der Waals surface area contributed by atoms with Crippen molar-refractivity contribution in [3.8, 4) is 11.5 Å². The van der Waals surface area contributed by atoms with E-state index in [4.69, 9.17) is 9.47 Å². The SMILES string of the molecule is CC(C(=O)Nc1nc2cc3c(cc2s1)OCCO3)N(C)Cc1ccccc1. The first-order valence-corrected chi connectivity index (χ1v) is 9.67. The van der Waals surface area contributed by atoms with Gasteiger partial charge in [0.05, 0.1) is 16.3 Å². The molecular weight excluding hydrogens is 362 g/mol. The minimum atomic E-state index is -0.280. The average molecular weight is 383 g/mol. The highest BCUT2D eigenvalue weighted by molar-refractivity contribution is 7.22. The zero-order valence-electron chi connectivity index (χ0n) is 15.3. The second-order valence-corrected chi connectivity index (χ2v) is 7.58. The Kier molecular flexibility index (Phi) is 4.96. The Morgan fingerprint density at radius 2 is 1.93 bits per heavy atom. The van der Waals surface area contributed by atoms with Crippen LogP contribution in [-0.4, -0.2) is 42.1 Å². The number of nitrogens with one attached hydrogen (secondary N) is 1. The Morgan fingerprint density at radius 1 is 1.22 bits per heavy atom. The smallest absolute Gasteiger partial charge is 0.243 e. The van der Waals surface area contributed by atoms with E-state index < -0.39 is 0 Å². The van der Waals surface area contributed by atoms with Crippen LogP contribution in [0.25, 0.3) is 10.2 Å². The molecule has 7 heteroatoms. The minimum Gasteiger partial charge on any atom is -0.486 e. The van der Waals surface area contributed by atoms with Crippen LogP contribution >= 0.6 is 11.3 Å². The predicted molar refractivity (Wildman–Crippen MR) is 107 cm³/mol. The first-order chi connectivity index (χ1) is 13.1. The predicted octanol–water partition coefficient (Wildman–Crippen LogP) is 3.53. The highest BCUT2D eigenvalue weighted by Crippen LogP contribution is 2.37. The van der Waals surface area contributed by atoms with E-state index in [1.54, 1.807) is 0 Å². The normalized spacial score (nSPS) is 14.3. The van der Waals surface area contributed by atoms with Crippen LogP contribution < -0.4 is 14.8 Å². The van der Waals surface area contributed by atoms with Crippen molar-refractivity contribution in [3.05, 3.63) is 48.0 Å². The molecule has 27 heavy (non-hydrogen) atoms. The monoisotopic (exact) mass is 383 g/mol. The minimum absolute atomic E-state index is 0.0789. The molecule has 2 heterocycles. The van der Waals surface area contributed by atoms with Gasteiger partial charge in [0, 0.05) is 18.7 Å². The molecule has 1 aromatic heterocycles. The van der Waals surface area contributed by atoms with Crippen molar-refractivity contribution in [1.82, 2.24) is 9.88 Å². The number of ether oxygens (including phenoxy) is 2. The number of nitrogens with zero attached hydrogens (tertiary/aromatic N) is 2. The zero-order valence-corrected chi connectivity index (χ0v) is 16.1. The van der Waals surface area contributed by atoms with Crippen LogP contribution in [0.1, 0.15) is 12.5 Å². The van der Waals surface area contributed by atoms with Crippen molar-refractivity contribution in [2.45, 2.75) is 19.5 Å². The van der Waals surface area contributed by atoms with Gasteiger partial charge in [-0.1, -0.05) is 41.7 Å². The number of thiazole rings is 1. The number of hydrogen-bond acceptors (Lipinski definition) is 6. The van der Waals surface area contributed by atoms with Gasteiger partial charge in [0.25, 0.3) is 0 Å². The van der Waals surface area contributed by atoms with Crippen molar-refractivity contribution in [1.29, 1.82) is 0 Å². The summed E-state index contributed by atoms with van der Waals surface area (Å²) in [7, 11) is 1.94. The Bertz CT molecular complexity index is 915. The van der Waals surface area contributed by atoms with Gasteiger partial charge in [-0.15, -0.1) is 0 Å². The summed E-state index contributed by atoms with van der Waals surface area (Å²) >= 11 is 1.43. The van der Waals surface area contributed by atoms with Crippen LogP contribution in [0, 0.1) is 0 Å².